The summed E-state index contributed by atoms with van der Waals surface area (Å²) in [6.07, 6.45) is 3.92. The van der Waals surface area contributed by atoms with Crippen LogP contribution >= 0.6 is 0 Å². The van der Waals surface area contributed by atoms with Gasteiger partial charge < -0.3 is 14.6 Å². The summed E-state index contributed by atoms with van der Waals surface area (Å²) in [5, 5.41) is 2.78. The van der Waals surface area contributed by atoms with Gasteiger partial charge in [0.05, 0.1) is 6.33 Å². The Bertz CT molecular complexity index is 664. The number of hydrogen-bond acceptors (Lipinski definition) is 3. The number of hydrogen-bond donors (Lipinski definition) is 1. The number of carbonyl (C=O) groups excluding carboxylic acids is 1. The fourth-order valence-electron chi connectivity index (χ4n) is 2.44. The van der Waals surface area contributed by atoms with E-state index in [2.05, 4.69) is 46.9 Å². The second-order valence-corrected chi connectivity index (χ2v) is 6.78. The standard InChI is InChI=1S/C18H25N3O2/c1-13-8-14(2)10-16(9-13)21-12-19-11-15(21)6-7-20-17(22)23-18(3,4)5/h8-12H,6-7H2,1-5H3,(H,20,22). The van der Waals surface area contributed by atoms with Gasteiger partial charge in [0.2, 0.25) is 0 Å². The maximum Gasteiger partial charge on any atom is 0.407 e. The number of amides is 1. The quantitative estimate of drug-likeness (QED) is 0.938. The smallest absolute Gasteiger partial charge is 0.407 e. The van der Waals surface area contributed by atoms with Gasteiger partial charge in [-0.05, 0) is 57.9 Å². The van der Waals surface area contributed by atoms with Gasteiger partial charge in [-0.1, -0.05) is 6.07 Å². The number of alkyl carbamates (subject to hydrolysis) is 1. The van der Waals surface area contributed by atoms with Crippen LogP contribution in [0.5, 0.6) is 0 Å². The Balaban J connectivity index is 2.00. The molecule has 1 N–H and O–H groups in total. The fourth-order valence-corrected chi connectivity index (χ4v) is 2.44. The largest absolute Gasteiger partial charge is 0.444 e. The number of aromatic nitrogens is 2. The van der Waals surface area contributed by atoms with E-state index < -0.39 is 11.7 Å². The van der Waals surface area contributed by atoms with Gasteiger partial charge in [-0.3, -0.25) is 0 Å². The summed E-state index contributed by atoms with van der Waals surface area (Å²) >= 11 is 0. The molecule has 2 rings (SSSR count). The lowest BCUT2D eigenvalue weighted by atomic mass is 10.1. The van der Waals surface area contributed by atoms with Crippen LogP contribution in [0.1, 0.15) is 37.6 Å². The van der Waals surface area contributed by atoms with Crippen LogP contribution in [-0.2, 0) is 11.2 Å². The van der Waals surface area contributed by atoms with Crippen molar-refractivity contribution in [1.82, 2.24) is 14.9 Å². The monoisotopic (exact) mass is 315 g/mol. The lowest BCUT2D eigenvalue weighted by molar-refractivity contribution is 0.0528. The van der Waals surface area contributed by atoms with Crippen LogP contribution < -0.4 is 5.32 Å². The van der Waals surface area contributed by atoms with E-state index in [1.54, 1.807) is 6.33 Å². The summed E-state index contributed by atoms with van der Waals surface area (Å²) in [5.41, 5.74) is 4.08. The van der Waals surface area contributed by atoms with Gasteiger partial charge in [0.1, 0.15) is 5.60 Å². The number of rotatable bonds is 4. The molecule has 0 saturated carbocycles. The minimum absolute atomic E-state index is 0.394. The predicted octanol–water partition coefficient (Wildman–Crippen LogP) is 3.56. The molecule has 5 nitrogen and oxygen atoms in total. The molecule has 124 valence electrons. The van der Waals surface area contributed by atoms with Crippen molar-refractivity contribution in [3.05, 3.63) is 47.5 Å². The Morgan fingerprint density at radius 1 is 1.22 bits per heavy atom. The number of imidazole rings is 1. The molecule has 0 fully saturated rings. The Labute approximate surface area is 137 Å². The maximum atomic E-state index is 11.7. The lowest BCUT2D eigenvalue weighted by Crippen LogP contribution is -2.33. The highest BCUT2D eigenvalue weighted by molar-refractivity contribution is 5.67. The van der Waals surface area contributed by atoms with Crippen LogP contribution in [0, 0.1) is 13.8 Å². The van der Waals surface area contributed by atoms with Crippen molar-refractivity contribution >= 4 is 6.09 Å². The third-order valence-corrected chi connectivity index (χ3v) is 3.25. The van der Waals surface area contributed by atoms with Gasteiger partial charge in [-0.25, -0.2) is 9.78 Å². The van der Waals surface area contributed by atoms with Crippen LogP contribution in [0.3, 0.4) is 0 Å². The maximum absolute atomic E-state index is 11.7. The normalized spacial score (nSPS) is 11.3. The van der Waals surface area contributed by atoms with E-state index in [0.717, 1.165) is 11.4 Å². The first-order chi connectivity index (χ1) is 10.7. The van der Waals surface area contributed by atoms with E-state index in [0.29, 0.717) is 13.0 Å². The molecule has 0 atom stereocenters. The fraction of sp³-hybridized carbons (Fsp3) is 0.444. The first-order valence-corrected chi connectivity index (χ1v) is 7.81. The zero-order chi connectivity index (χ0) is 17.0. The first kappa shape index (κ1) is 17.1. The minimum Gasteiger partial charge on any atom is -0.444 e. The highest BCUT2D eigenvalue weighted by atomic mass is 16.6. The van der Waals surface area contributed by atoms with Gasteiger partial charge in [0.15, 0.2) is 0 Å². The summed E-state index contributed by atoms with van der Waals surface area (Å²) in [4.78, 5) is 15.9. The second-order valence-electron chi connectivity index (χ2n) is 6.78. The van der Waals surface area contributed by atoms with Gasteiger partial charge >= 0.3 is 6.09 Å². The Kier molecular flexibility index (Phi) is 5.08. The molecule has 0 aliphatic carbocycles. The summed E-state index contributed by atoms with van der Waals surface area (Å²) in [7, 11) is 0. The van der Waals surface area contributed by atoms with Crippen molar-refractivity contribution < 1.29 is 9.53 Å². The number of ether oxygens (including phenoxy) is 1. The highest BCUT2D eigenvalue weighted by Crippen LogP contribution is 2.16. The molecule has 1 heterocycles. The molecule has 5 heteroatoms. The molecule has 1 amide bonds. The van der Waals surface area contributed by atoms with Crippen molar-refractivity contribution in [1.29, 1.82) is 0 Å². The first-order valence-electron chi connectivity index (χ1n) is 7.81. The molecule has 1 aromatic heterocycles. The van der Waals surface area contributed by atoms with Gasteiger partial charge in [-0.15, -0.1) is 0 Å². The van der Waals surface area contributed by atoms with E-state index in [1.165, 1.54) is 11.1 Å². The summed E-state index contributed by atoms with van der Waals surface area (Å²) in [5.74, 6) is 0. The molecule has 0 saturated heterocycles. The molecule has 1 aromatic carbocycles. The predicted molar refractivity (Wildman–Crippen MR) is 91.0 cm³/mol. The SMILES string of the molecule is Cc1cc(C)cc(-n2cncc2CCNC(=O)OC(C)(C)C)c1. The number of nitrogens with zero attached hydrogens (tertiary/aromatic N) is 2. The zero-order valence-corrected chi connectivity index (χ0v) is 14.5. The van der Waals surface area contributed by atoms with Gasteiger partial charge in [-0.2, -0.15) is 0 Å². The molecule has 2 aromatic rings. The molecule has 23 heavy (non-hydrogen) atoms. The van der Waals surface area contributed by atoms with Crippen molar-refractivity contribution in [3.8, 4) is 5.69 Å². The van der Waals surface area contributed by atoms with E-state index in [9.17, 15) is 4.79 Å². The number of aryl methyl sites for hydroxylation is 2. The Morgan fingerprint density at radius 2 is 1.87 bits per heavy atom. The molecule has 0 aliphatic rings. The zero-order valence-electron chi connectivity index (χ0n) is 14.5. The number of nitrogens with one attached hydrogen (secondary N) is 1. The average molecular weight is 315 g/mol. The summed E-state index contributed by atoms with van der Waals surface area (Å²) in [6.45, 7) is 10.2. The molecule has 0 spiro atoms. The van der Waals surface area contributed by atoms with Crippen LogP contribution in [0.4, 0.5) is 4.79 Å². The molecule has 0 unspecified atom stereocenters. The molecule has 0 bridgehead atoms. The van der Waals surface area contributed by atoms with Crippen molar-refractivity contribution in [2.45, 2.75) is 46.6 Å². The molecular formula is C18H25N3O2. The third kappa shape index (κ3) is 5.13. The van der Waals surface area contributed by atoms with Crippen LogP contribution in [0.25, 0.3) is 5.69 Å². The summed E-state index contributed by atoms with van der Waals surface area (Å²) in [6, 6.07) is 6.39. The van der Waals surface area contributed by atoms with Crippen molar-refractivity contribution in [3.63, 3.8) is 0 Å². The Morgan fingerprint density at radius 3 is 2.48 bits per heavy atom. The van der Waals surface area contributed by atoms with E-state index in [4.69, 9.17) is 4.74 Å². The van der Waals surface area contributed by atoms with Gasteiger partial charge in [0.25, 0.3) is 0 Å². The Hall–Kier alpha value is -2.30. The van der Waals surface area contributed by atoms with E-state index in [1.807, 2.05) is 27.0 Å². The van der Waals surface area contributed by atoms with E-state index >= 15 is 0 Å². The summed E-state index contributed by atoms with van der Waals surface area (Å²) < 4.78 is 7.28. The molecule has 0 radical (unpaired) electrons. The van der Waals surface area contributed by atoms with Crippen LogP contribution in [0.2, 0.25) is 0 Å². The molecular weight excluding hydrogens is 290 g/mol. The van der Waals surface area contributed by atoms with Crippen molar-refractivity contribution in [2.24, 2.45) is 0 Å². The highest BCUT2D eigenvalue weighted by Gasteiger charge is 2.15. The number of carbonyl (C=O) groups is 1. The van der Waals surface area contributed by atoms with Crippen LogP contribution in [0.15, 0.2) is 30.7 Å². The van der Waals surface area contributed by atoms with Crippen molar-refractivity contribution in [2.75, 3.05) is 6.54 Å². The topological polar surface area (TPSA) is 56.2 Å². The third-order valence-electron chi connectivity index (χ3n) is 3.25. The van der Waals surface area contributed by atoms with Crippen LogP contribution in [-0.4, -0.2) is 27.8 Å². The second kappa shape index (κ2) is 6.86. The van der Waals surface area contributed by atoms with Gasteiger partial charge in [0, 0.05) is 30.5 Å². The van der Waals surface area contributed by atoms with E-state index in [-0.39, 0.29) is 0 Å². The number of benzene rings is 1. The average Bonchev–Trinajstić information content (AvgIpc) is 2.83. The minimum atomic E-state index is -0.481. The lowest BCUT2D eigenvalue weighted by Gasteiger charge is -2.19. The molecule has 0 aliphatic heterocycles.